The fraction of sp³-hybridized carbons (Fsp3) is 0.286. The average molecular weight is 351 g/mol. The maximum atomic E-state index is 5.45. The maximum absolute atomic E-state index is 5.45. The van der Waals surface area contributed by atoms with Crippen LogP contribution >= 0.6 is 0 Å². The van der Waals surface area contributed by atoms with E-state index >= 15 is 0 Å². The van der Waals surface area contributed by atoms with Crippen LogP contribution in [0.25, 0.3) is 11.1 Å². The number of imidazole rings is 1. The summed E-state index contributed by atoms with van der Waals surface area (Å²) >= 11 is 0. The van der Waals surface area contributed by atoms with E-state index in [1.54, 1.807) is 14.2 Å². The Morgan fingerprint density at radius 2 is 1.88 bits per heavy atom. The number of ether oxygens (including phenoxy) is 2. The minimum atomic E-state index is 0.733. The molecule has 3 aromatic rings. The molecule has 0 unspecified atom stereocenters. The van der Waals surface area contributed by atoms with Crippen LogP contribution in [0.1, 0.15) is 12.0 Å². The van der Waals surface area contributed by atoms with Crippen molar-refractivity contribution >= 4 is 5.69 Å². The highest BCUT2D eigenvalue weighted by Gasteiger charge is 2.10. The molecule has 3 rings (SSSR count). The summed E-state index contributed by atoms with van der Waals surface area (Å²) in [5.41, 5.74) is 4.60. The van der Waals surface area contributed by atoms with Gasteiger partial charge in [-0.25, -0.2) is 4.98 Å². The van der Waals surface area contributed by atoms with Crippen LogP contribution in [0.5, 0.6) is 11.5 Å². The summed E-state index contributed by atoms with van der Waals surface area (Å²) in [5, 5.41) is 3.58. The highest BCUT2D eigenvalue weighted by Crippen LogP contribution is 2.35. The van der Waals surface area contributed by atoms with Gasteiger partial charge in [-0.1, -0.05) is 18.2 Å². The molecule has 0 spiro atoms. The van der Waals surface area contributed by atoms with Gasteiger partial charge in [0.1, 0.15) is 0 Å². The highest BCUT2D eigenvalue weighted by molar-refractivity contribution is 5.79. The second kappa shape index (κ2) is 8.43. The summed E-state index contributed by atoms with van der Waals surface area (Å²) in [4.78, 5) is 4.08. The summed E-state index contributed by atoms with van der Waals surface area (Å²) < 4.78 is 12.9. The zero-order valence-corrected chi connectivity index (χ0v) is 15.5. The minimum absolute atomic E-state index is 0.733. The van der Waals surface area contributed by atoms with Gasteiger partial charge in [-0.15, -0.1) is 0 Å². The number of anilines is 1. The standard InChI is InChI=1S/C21H25N3O2/c1-16-5-7-18(17-6-8-20(25-2)21(14-17)26-3)19(13-16)23-9-4-11-24-12-10-22-15-24/h5-8,10,12-15,23H,4,9,11H2,1-3H3. The lowest BCUT2D eigenvalue weighted by molar-refractivity contribution is 0.355. The fourth-order valence-corrected chi connectivity index (χ4v) is 2.96. The predicted octanol–water partition coefficient (Wildman–Crippen LogP) is 4.38. The first-order valence-corrected chi connectivity index (χ1v) is 8.74. The summed E-state index contributed by atoms with van der Waals surface area (Å²) in [6.07, 6.45) is 6.67. The van der Waals surface area contributed by atoms with E-state index in [1.807, 2.05) is 30.9 Å². The Balaban J connectivity index is 1.77. The summed E-state index contributed by atoms with van der Waals surface area (Å²) in [5.74, 6) is 1.47. The number of rotatable bonds is 8. The second-order valence-corrected chi connectivity index (χ2v) is 6.20. The molecule has 5 heteroatoms. The number of hydrogen-bond acceptors (Lipinski definition) is 4. The molecule has 0 amide bonds. The molecule has 0 atom stereocenters. The first-order chi connectivity index (χ1) is 12.7. The van der Waals surface area contributed by atoms with E-state index in [4.69, 9.17) is 9.47 Å². The van der Waals surface area contributed by atoms with E-state index < -0.39 is 0 Å². The van der Waals surface area contributed by atoms with Crippen LogP contribution in [0.2, 0.25) is 0 Å². The van der Waals surface area contributed by atoms with Crippen molar-refractivity contribution in [3.63, 3.8) is 0 Å². The van der Waals surface area contributed by atoms with Gasteiger partial charge in [0.05, 0.1) is 20.5 Å². The van der Waals surface area contributed by atoms with Gasteiger partial charge >= 0.3 is 0 Å². The molecule has 1 heterocycles. The van der Waals surface area contributed by atoms with E-state index in [0.29, 0.717) is 0 Å². The summed E-state index contributed by atoms with van der Waals surface area (Å²) in [6.45, 7) is 3.95. The van der Waals surface area contributed by atoms with Gasteiger partial charge in [-0.2, -0.15) is 0 Å². The Kier molecular flexibility index (Phi) is 5.79. The van der Waals surface area contributed by atoms with Crippen molar-refractivity contribution in [3.8, 4) is 22.6 Å². The van der Waals surface area contributed by atoms with Crippen LogP contribution in [0.3, 0.4) is 0 Å². The minimum Gasteiger partial charge on any atom is -0.493 e. The first kappa shape index (κ1) is 17.9. The van der Waals surface area contributed by atoms with Crippen LogP contribution < -0.4 is 14.8 Å². The zero-order chi connectivity index (χ0) is 18.4. The Morgan fingerprint density at radius 1 is 1.04 bits per heavy atom. The largest absolute Gasteiger partial charge is 0.493 e. The monoisotopic (exact) mass is 351 g/mol. The number of nitrogens with zero attached hydrogens (tertiary/aromatic N) is 2. The van der Waals surface area contributed by atoms with Gasteiger partial charge in [0.15, 0.2) is 11.5 Å². The van der Waals surface area contributed by atoms with Crippen LogP contribution in [0.15, 0.2) is 55.1 Å². The van der Waals surface area contributed by atoms with Gasteiger partial charge in [0.25, 0.3) is 0 Å². The van der Waals surface area contributed by atoms with Crippen LogP contribution in [0.4, 0.5) is 5.69 Å². The fourth-order valence-electron chi connectivity index (χ4n) is 2.96. The Morgan fingerprint density at radius 3 is 2.62 bits per heavy atom. The molecule has 0 saturated heterocycles. The number of methoxy groups -OCH3 is 2. The summed E-state index contributed by atoms with van der Waals surface area (Å²) in [6, 6.07) is 12.5. The van der Waals surface area contributed by atoms with E-state index in [0.717, 1.165) is 47.8 Å². The lowest BCUT2D eigenvalue weighted by atomic mass is 10.0. The molecular formula is C21H25N3O2. The predicted molar refractivity (Wildman–Crippen MR) is 105 cm³/mol. The molecule has 1 aromatic heterocycles. The van der Waals surface area contributed by atoms with Gasteiger partial charge in [-0.3, -0.25) is 0 Å². The Hall–Kier alpha value is -2.95. The third-order valence-electron chi connectivity index (χ3n) is 4.34. The number of aryl methyl sites for hydroxylation is 2. The first-order valence-electron chi connectivity index (χ1n) is 8.74. The van der Waals surface area contributed by atoms with Crippen LogP contribution in [0, 0.1) is 6.92 Å². The third-order valence-corrected chi connectivity index (χ3v) is 4.34. The molecule has 0 aliphatic carbocycles. The number of benzene rings is 2. The molecule has 26 heavy (non-hydrogen) atoms. The van der Waals surface area contributed by atoms with E-state index in [2.05, 4.69) is 46.1 Å². The van der Waals surface area contributed by atoms with Crippen molar-refractivity contribution in [1.82, 2.24) is 9.55 Å². The quantitative estimate of drug-likeness (QED) is 0.612. The molecule has 2 aromatic carbocycles. The molecule has 0 fully saturated rings. The normalized spacial score (nSPS) is 10.6. The van der Waals surface area contributed by atoms with Crippen LogP contribution in [-0.2, 0) is 6.54 Å². The number of aromatic nitrogens is 2. The molecule has 0 saturated carbocycles. The van der Waals surface area contributed by atoms with Crippen molar-refractivity contribution in [2.24, 2.45) is 0 Å². The average Bonchev–Trinajstić information content (AvgIpc) is 3.18. The maximum Gasteiger partial charge on any atom is 0.161 e. The van der Waals surface area contributed by atoms with E-state index in [1.165, 1.54) is 5.56 Å². The molecule has 136 valence electrons. The van der Waals surface area contributed by atoms with E-state index in [9.17, 15) is 0 Å². The van der Waals surface area contributed by atoms with Crippen molar-refractivity contribution in [2.75, 3.05) is 26.1 Å². The third kappa shape index (κ3) is 4.17. The van der Waals surface area contributed by atoms with Gasteiger partial charge in [-0.05, 0) is 42.7 Å². The lowest BCUT2D eigenvalue weighted by Gasteiger charge is -2.15. The SMILES string of the molecule is COc1ccc(-c2ccc(C)cc2NCCCn2ccnc2)cc1OC. The second-order valence-electron chi connectivity index (χ2n) is 6.20. The van der Waals surface area contributed by atoms with Gasteiger partial charge in [0, 0.05) is 36.7 Å². The molecule has 1 N–H and O–H groups in total. The summed E-state index contributed by atoms with van der Waals surface area (Å²) in [7, 11) is 3.31. The molecule has 5 nitrogen and oxygen atoms in total. The zero-order valence-electron chi connectivity index (χ0n) is 15.5. The molecule has 0 bridgehead atoms. The number of nitrogens with one attached hydrogen (secondary N) is 1. The van der Waals surface area contributed by atoms with Gasteiger partial charge in [0.2, 0.25) is 0 Å². The topological polar surface area (TPSA) is 48.3 Å². The Labute approximate surface area is 154 Å². The molecule has 0 aliphatic heterocycles. The Bertz CT molecular complexity index is 844. The van der Waals surface area contributed by atoms with Crippen molar-refractivity contribution in [3.05, 3.63) is 60.7 Å². The lowest BCUT2D eigenvalue weighted by Crippen LogP contribution is -2.07. The molecule has 0 radical (unpaired) electrons. The van der Waals surface area contributed by atoms with Crippen molar-refractivity contribution in [2.45, 2.75) is 19.9 Å². The van der Waals surface area contributed by atoms with Gasteiger partial charge < -0.3 is 19.4 Å². The van der Waals surface area contributed by atoms with Crippen molar-refractivity contribution in [1.29, 1.82) is 0 Å². The molecular weight excluding hydrogens is 326 g/mol. The molecule has 0 aliphatic rings. The van der Waals surface area contributed by atoms with E-state index in [-0.39, 0.29) is 0 Å². The highest BCUT2D eigenvalue weighted by atomic mass is 16.5. The number of hydrogen-bond donors (Lipinski definition) is 1. The smallest absolute Gasteiger partial charge is 0.161 e. The van der Waals surface area contributed by atoms with Crippen molar-refractivity contribution < 1.29 is 9.47 Å². The van der Waals surface area contributed by atoms with Crippen LogP contribution in [-0.4, -0.2) is 30.3 Å².